The van der Waals surface area contributed by atoms with Gasteiger partial charge in [0.15, 0.2) is 0 Å². The highest BCUT2D eigenvalue weighted by Gasteiger charge is 2.16. The first-order valence-electron chi connectivity index (χ1n) is 5.37. The maximum atomic E-state index is 5.93. The lowest BCUT2D eigenvalue weighted by Crippen LogP contribution is -2.24. The fourth-order valence-electron chi connectivity index (χ4n) is 1.12. The third-order valence-electron chi connectivity index (χ3n) is 1.72. The molecular weight excluding hydrogens is 176 g/mol. The Balaban J connectivity index is 3.94. The second kappa shape index (κ2) is 6.25. The van der Waals surface area contributed by atoms with E-state index in [2.05, 4.69) is 39.6 Å². The summed E-state index contributed by atoms with van der Waals surface area (Å²) in [5, 5.41) is 0. The van der Waals surface area contributed by atoms with Crippen molar-refractivity contribution >= 4 is 8.32 Å². The van der Waals surface area contributed by atoms with Gasteiger partial charge in [-0.3, -0.25) is 0 Å². The zero-order chi connectivity index (χ0) is 10.3. The van der Waals surface area contributed by atoms with Gasteiger partial charge >= 0.3 is 0 Å². The monoisotopic (exact) mass is 200 g/mol. The highest BCUT2D eigenvalue weighted by molar-refractivity contribution is 6.70. The van der Waals surface area contributed by atoms with Crippen molar-refractivity contribution < 1.29 is 4.43 Å². The first-order chi connectivity index (χ1) is 5.99. The third kappa shape index (κ3) is 8.10. The highest BCUT2D eigenvalue weighted by Crippen LogP contribution is 2.14. The molecule has 0 rings (SSSR count). The van der Waals surface area contributed by atoms with Crippen molar-refractivity contribution in [3.63, 3.8) is 0 Å². The van der Waals surface area contributed by atoms with Gasteiger partial charge in [-0.05, 0) is 38.6 Å². The second-order valence-corrected chi connectivity index (χ2v) is 8.81. The van der Waals surface area contributed by atoms with E-state index in [4.69, 9.17) is 4.43 Å². The maximum Gasteiger partial charge on any atom is 0.241 e. The maximum absolute atomic E-state index is 5.93. The molecule has 0 aromatic carbocycles. The molecule has 0 bridgehead atoms. The molecule has 0 unspecified atom stereocenters. The van der Waals surface area contributed by atoms with E-state index in [0.29, 0.717) is 0 Å². The van der Waals surface area contributed by atoms with Crippen LogP contribution in [0.25, 0.3) is 0 Å². The zero-order valence-electron chi connectivity index (χ0n) is 9.81. The molecule has 0 amide bonds. The Morgan fingerprint density at radius 2 is 1.85 bits per heavy atom. The van der Waals surface area contributed by atoms with Gasteiger partial charge in [0.25, 0.3) is 0 Å². The molecule has 0 saturated carbocycles. The summed E-state index contributed by atoms with van der Waals surface area (Å²) in [7, 11) is -1.37. The van der Waals surface area contributed by atoms with Crippen molar-refractivity contribution in [1.29, 1.82) is 0 Å². The van der Waals surface area contributed by atoms with E-state index < -0.39 is 8.32 Å². The molecule has 0 radical (unpaired) electrons. The number of hydrogen-bond donors (Lipinski definition) is 0. The standard InChI is InChI=1S/C11H24OSi/c1-6-8-9-10-11(7-2)12-13(3,4)5/h10H,6-9H2,1-5H3/b11-10+. The van der Waals surface area contributed by atoms with E-state index in [1.807, 2.05) is 0 Å². The van der Waals surface area contributed by atoms with Crippen LogP contribution in [0.3, 0.4) is 0 Å². The van der Waals surface area contributed by atoms with Crippen LogP contribution in [0.4, 0.5) is 0 Å². The molecular formula is C11H24OSi. The van der Waals surface area contributed by atoms with E-state index in [9.17, 15) is 0 Å². The second-order valence-electron chi connectivity index (χ2n) is 4.38. The van der Waals surface area contributed by atoms with Crippen molar-refractivity contribution in [2.45, 2.75) is 59.2 Å². The Morgan fingerprint density at radius 3 is 2.23 bits per heavy atom. The number of allylic oxidation sites excluding steroid dienone is 2. The Bertz CT molecular complexity index is 156. The summed E-state index contributed by atoms with van der Waals surface area (Å²) in [6.07, 6.45) is 7.01. The summed E-state index contributed by atoms with van der Waals surface area (Å²) in [4.78, 5) is 0. The average Bonchev–Trinajstić information content (AvgIpc) is 2.01. The summed E-state index contributed by atoms with van der Waals surface area (Å²) >= 11 is 0. The van der Waals surface area contributed by atoms with Crippen LogP contribution >= 0.6 is 0 Å². The van der Waals surface area contributed by atoms with Crippen LogP contribution in [0.15, 0.2) is 11.8 Å². The Morgan fingerprint density at radius 1 is 1.23 bits per heavy atom. The Kier molecular flexibility index (Phi) is 6.13. The van der Waals surface area contributed by atoms with E-state index in [1.165, 1.54) is 25.0 Å². The molecule has 0 spiro atoms. The Hall–Kier alpha value is -0.243. The normalized spacial score (nSPS) is 13.2. The fourth-order valence-corrected chi connectivity index (χ4v) is 2.13. The molecule has 0 saturated heterocycles. The van der Waals surface area contributed by atoms with Crippen LogP contribution in [0.1, 0.15) is 39.5 Å². The highest BCUT2D eigenvalue weighted by atomic mass is 28.4. The fraction of sp³-hybridized carbons (Fsp3) is 0.818. The summed E-state index contributed by atoms with van der Waals surface area (Å²) < 4.78 is 5.93. The molecule has 0 aliphatic carbocycles. The van der Waals surface area contributed by atoms with Crippen molar-refractivity contribution in [3.05, 3.63) is 11.8 Å². The lowest BCUT2D eigenvalue weighted by atomic mass is 10.2. The van der Waals surface area contributed by atoms with Crippen LogP contribution in [0.5, 0.6) is 0 Å². The quantitative estimate of drug-likeness (QED) is 0.352. The van der Waals surface area contributed by atoms with Crippen LogP contribution in [0, 0.1) is 0 Å². The van der Waals surface area contributed by atoms with Gasteiger partial charge in [0.1, 0.15) is 0 Å². The molecule has 13 heavy (non-hydrogen) atoms. The van der Waals surface area contributed by atoms with E-state index in [0.717, 1.165) is 6.42 Å². The van der Waals surface area contributed by atoms with Crippen LogP contribution in [-0.4, -0.2) is 8.32 Å². The predicted molar refractivity (Wildman–Crippen MR) is 62.3 cm³/mol. The lowest BCUT2D eigenvalue weighted by Gasteiger charge is -2.21. The van der Waals surface area contributed by atoms with Gasteiger partial charge in [0.2, 0.25) is 8.32 Å². The van der Waals surface area contributed by atoms with E-state index in [1.54, 1.807) is 0 Å². The minimum atomic E-state index is -1.37. The first kappa shape index (κ1) is 12.8. The van der Waals surface area contributed by atoms with Gasteiger partial charge in [0.05, 0.1) is 5.76 Å². The largest absolute Gasteiger partial charge is 0.548 e. The van der Waals surface area contributed by atoms with Crippen LogP contribution in [-0.2, 0) is 4.43 Å². The minimum absolute atomic E-state index is 1.04. The van der Waals surface area contributed by atoms with Gasteiger partial charge in [-0.2, -0.15) is 0 Å². The van der Waals surface area contributed by atoms with Crippen molar-refractivity contribution in [3.8, 4) is 0 Å². The van der Waals surface area contributed by atoms with Gasteiger partial charge in [-0.1, -0.05) is 20.3 Å². The first-order valence-corrected chi connectivity index (χ1v) is 8.78. The van der Waals surface area contributed by atoms with Crippen LogP contribution in [0.2, 0.25) is 19.6 Å². The zero-order valence-corrected chi connectivity index (χ0v) is 10.8. The van der Waals surface area contributed by atoms with Gasteiger partial charge in [-0.25, -0.2) is 0 Å². The van der Waals surface area contributed by atoms with E-state index in [-0.39, 0.29) is 0 Å². The molecule has 2 heteroatoms. The third-order valence-corrected chi connectivity index (χ3v) is 2.59. The molecule has 78 valence electrons. The number of hydrogen-bond acceptors (Lipinski definition) is 1. The number of rotatable bonds is 6. The minimum Gasteiger partial charge on any atom is -0.548 e. The molecule has 0 aromatic rings. The number of unbranched alkanes of at least 4 members (excludes halogenated alkanes) is 2. The van der Waals surface area contributed by atoms with Crippen molar-refractivity contribution in [2.24, 2.45) is 0 Å². The SMILES string of the molecule is CCCC/C=C(\CC)O[Si](C)(C)C. The topological polar surface area (TPSA) is 9.23 Å². The summed E-state index contributed by atoms with van der Waals surface area (Å²) in [5.74, 6) is 1.20. The molecule has 1 nitrogen and oxygen atoms in total. The van der Waals surface area contributed by atoms with Gasteiger partial charge < -0.3 is 4.43 Å². The Labute approximate surface area is 84.3 Å². The molecule has 0 aliphatic rings. The predicted octanol–water partition coefficient (Wildman–Crippen LogP) is 4.32. The van der Waals surface area contributed by atoms with Crippen LogP contribution < -0.4 is 0 Å². The van der Waals surface area contributed by atoms with E-state index >= 15 is 0 Å². The molecule has 0 aliphatic heterocycles. The molecule has 0 N–H and O–H groups in total. The summed E-state index contributed by atoms with van der Waals surface area (Å²) in [6, 6.07) is 0. The summed E-state index contributed by atoms with van der Waals surface area (Å²) in [6.45, 7) is 11.1. The molecule has 0 atom stereocenters. The molecule has 0 aromatic heterocycles. The smallest absolute Gasteiger partial charge is 0.241 e. The molecule has 0 heterocycles. The average molecular weight is 200 g/mol. The van der Waals surface area contributed by atoms with Gasteiger partial charge in [0, 0.05) is 6.42 Å². The molecule has 0 fully saturated rings. The summed E-state index contributed by atoms with van der Waals surface area (Å²) in [5.41, 5.74) is 0. The van der Waals surface area contributed by atoms with Crippen molar-refractivity contribution in [1.82, 2.24) is 0 Å². The van der Waals surface area contributed by atoms with Gasteiger partial charge in [-0.15, -0.1) is 0 Å². The lowest BCUT2D eigenvalue weighted by molar-refractivity contribution is 0.402. The van der Waals surface area contributed by atoms with Crippen molar-refractivity contribution in [2.75, 3.05) is 0 Å².